The minimum atomic E-state index is -1.44. The van der Waals surface area contributed by atoms with E-state index < -0.39 is 27.2 Å². The molecular formula is C15H17N3O5S2. The third kappa shape index (κ3) is 2.14. The van der Waals surface area contributed by atoms with Gasteiger partial charge < -0.3 is 10.0 Å². The zero-order chi connectivity index (χ0) is 18.6. The van der Waals surface area contributed by atoms with Crippen LogP contribution in [0.15, 0.2) is 18.2 Å². The van der Waals surface area contributed by atoms with Gasteiger partial charge in [0.15, 0.2) is 9.74 Å². The van der Waals surface area contributed by atoms with Crippen LogP contribution in [0.1, 0.15) is 5.56 Å². The molecule has 10 heteroatoms. The topological polar surface area (TPSA) is 104 Å². The molecular weight excluding hydrogens is 366 g/mol. The number of non-ortho nitro benzene ring substituents is 1. The molecule has 2 amide bonds. The second-order valence-corrected chi connectivity index (χ2v) is 8.05. The average molecular weight is 383 g/mol. The van der Waals surface area contributed by atoms with E-state index in [1.54, 1.807) is 18.6 Å². The third-order valence-electron chi connectivity index (χ3n) is 4.92. The number of hydrogen-bond acceptors (Lipinski definition) is 7. The number of aliphatic hydroxyl groups excluding tert-OH is 1. The zero-order valence-corrected chi connectivity index (χ0v) is 15.5. The summed E-state index contributed by atoms with van der Waals surface area (Å²) in [5.74, 6) is -0.750. The molecule has 1 aromatic rings. The number of nitro groups is 1. The van der Waals surface area contributed by atoms with E-state index in [2.05, 4.69) is 0 Å². The number of hydrogen-bond donors (Lipinski definition) is 1. The summed E-state index contributed by atoms with van der Waals surface area (Å²) < 4.78 is 0. The number of amides is 2. The summed E-state index contributed by atoms with van der Waals surface area (Å²) in [4.78, 5) is 37.1. The first-order chi connectivity index (χ1) is 11.8. The Morgan fingerprint density at radius 2 is 1.96 bits per heavy atom. The first-order valence-electron chi connectivity index (χ1n) is 7.40. The molecule has 1 fully saturated rings. The van der Waals surface area contributed by atoms with Crippen LogP contribution in [0.4, 0.5) is 11.4 Å². The Morgan fingerprint density at radius 1 is 1.28 bits per heavy atom. The highest BCUT2D eigenvalue weighted by atomic mass is 32.2. The summed E-state index contributed by atoms with van der Waals surface area (Å²) in [6, 6.07) is 4.29. The number of carbonyl (C=O) groups excluding carboxylic acids is 2. The smallest absolute Gasteiger partial charge is 0.271 e. The summed E-state index contributed by atoms with van der Waals surface area (Å²) in [7, 11) is 1.51. The molecule has 2 atom stereocenters. The van der Waals surface area contributed by atoms with Gasteiger partial charge in [-0.05, 0) is 24.1 Å². The molecule has 0 aliphatic carbocycles. The lowest BCUT2D eigenvalue weighted by Crippen LogP contribution is -2.74. The number of carbonyl (C=O) groups is 2. The lowest BCUT2D eigenvalue weighted by Gasteiger charge is -2.52. The zero-order valence-electron chi connectivity index (χ0n) is 13.9. The predicted octanol–water partition coefficient (Wildman–Crippen LogP) is 1.07. The lowest BCUT2D eigenvalue weighted by atomic mass is 10.0. The SMILES string of the molecule is CS[C@@]1(CO)C(=O)N2c3cc([N+](=O)[O-])ccc3C[C@]2(SC)C(=O)N1C. The van der Waals surface area contributed by atoms with Gasteiger partial charge >= 0.3 is 0 Å². The summed E-state index contributed by atoms with van der Waals surface area (Å²) in [6.45, 7) is -0.541. The van der Waals surface area contributed by atoms with Crippen LogP contribution >= 0.6 is 23.5 Å². The van der Waals surface area contributed by atoms with E-state index in [0.717, 1.165) is 11.8 Å². The Kier molecular flexibility index (Phi) is 4.25. The van der Waals surface area contributed by atoms with Crippen molar-refractivity contribution >= 4 is 46.7 Å². The Balaban J connectivity index is 2.25. The van der Waals surface area contributed by atoms with Gasteiger partial charge in [-0.2, -0.15) is 0 Å². The van der Waals surface area contributed by atoms with E-state index >= 15 is 0 Å². The van der Waals surface area contributed by atoms with Gasteiger partial charge in [-0.3, -0.25) is 24.6 Å². The molecule has 0 unspecified atom stereocenters. The lowest BCUT2D eigenvalue weighted by molar-refractivity contribution is -0.384. The fraction of sp³-hybridized carbons (Fsp3) is 0.467. The molecule has 2 aliphatic rings. The Bertz CT molecular complexity index is 782. The number of nitro benzene ring substituents is 1. The van der Waals surface area contributed by atoms with Crippen LogP contribution in [0.25, 0.3) is 0 Å². The second kappa shape index (κ2) is 5.89. The first-order valence-corrected chi connectivity index (χ1v) is 9.85. The second-order valence-electron chi connectivity index (χ2n) is 5.89. The van der Waals surface area contributed by atoms with Crippen molar-refractivity contribution in [1.82, 2.24) is 4.90 Å². The highest BCUT2D eigenvalue weighted by molar-refractivity contribution is 8.01. The quantitative estimate of drug-likeness (QED) is 0.612. The molecule has 25 heavy (non-hydrogen) atoms. The molecule has 0 saturated carbocycles. The molecule has 0 radical (unpaired) electrons. The largest absolute Gasteiger partial charge is 0.392 e. The Hall–Kier alpha value is -1.78. The fourth-order valence-electron chi connectivity index (χ4n) is 3.46. The van der Waals surface area contributed by atoms with Gasteiger partial charge in [0.1, 0.15) is 0 Å². The van der Waals surface area contributed by atoms with Gasteiger partial charge in [-0.15, -0.1) is 23.5 Å². The van der Waals surface area contributed by atoms with Crippen molar-refractivity contribution in [2.75, 3.05) is 31.1 Å². The van der Waals surface area contributed by atoms with Crippen molar-refractivity contribution in [2.24, 2.45) is 0 Å². The molecule has 0 aromatic heterocycles. The number of anilines is 1. The third-order valence-corrected chi connectivity index (χ3v) is 7.35. The molecule has 1 N–H and O–H groups in total. The highest BCUT2D eigenvalue weighted by Crippen LogP contribution is 2.52. The average Bonchev–Trinajstić information content (AvgIpc) is 2.96. The van der Waals surface area contributed by atoms with Crippen LogP contribution in [0.5, 0.6) is 0 Å². The molecule has 8 nitrogen and oxygen atoms in total. The summed E-state index contributed by atoms with van der Waals surface area (Å²) in [6.07, 6.45) is 3.65. The summed E-state index contributed by atoms with van der Waals surface area (Å²) in [5.41, 5.74) is 0.917. The Labute approximate surface area is 152 Å². The fourth-order valence-corrected chi connectivity index (χ4v) is 5.18. The standard InChI is InChI=1S/C15H17N3O5S2/c1-16-12(20)14(24-2)7-9-4-5-10(18(22)23)6-11(9)17(14)13(21)15(16,8-19)25-3/h4-6,19H,7-8H2,1-3H3/t14-,15-/m0/s1. The maximum atomic E-state index is 13.3. The van der Waals surface area contributed by atoms with Crippen molar-refractivity contribution < 1.29 is 19.6 Å². The van der Waals surface area contributed by atoms with Crippen LogP contribution in [0.3, 0.4) is 0 Å². The van der Waals surface area contributed by atoms with Gasteiger partial charge in [0.25, 0.3) is 17.5 Å². The number of thioether (sulfide) groups is 2. The molecule has 0 spiro atoms. The minimum absolute atomic E-state index is 0.145. The van der Waals surface area contributed by atoms with Crippen molar-refractivity contribution in [3.05, 3.63) is 33.9 Å². The van der Waals surface area contributed by atoms with E-state index in [1.807, 2.05) is 0 Å². The van der Waals surface area contributed by atoms with E-state index in [1.165, 1.54) is 40.7 Å². The monoisotopic (exact) mass is 383 g/mol. The maximum absolute atomic E-state index is 13.3. The van der Waals surface area contributed by atoms with Gasteiger partial charge in [0, 0.05) is 25.6 Å². The summed E-state index contributed by atoms with van der Waals surface area (Å²) >= 11 is 2.30. The number of fused-ring (bicyclic) bond motifs is 3. The van der Waals surface area contributed by atoms with E-state index in [4.69, 9.17) is 0 Å². The Morgan fingerprint density at radius 3 is 2.48 bits per heavy atom. The number of rotatable bonds is 4. The van der Waals surface area contributed by atoms with Crippen molar-refractivity contribution in [3.8, 4) is 0 Å². The van der Waals surface area contributed by atoms with Gasteiger partial charge in [0.05, 0.1) is 17.2 Å². The van der Waals surface area contributed by atoms with Crippen molar-refractivity contribution in [2.45, 2.75) is 16.2 Å². The predicted molar refractivity (Wildman–Crippen MR) is 96.6 cm³/mol. The number of aliphatic hydroxyl groups is 1. The van der Waals surface area contributed by atoms with E-state index in [0.29, 0.717) is 11.3 Å². The molecule has 2 aliphatic heterocycles. The first kappa shape index (κ1) is 18.0. The highest BCUT2D eigenvalue weighted by Gasteiger charge is 2.65. The van der Waals surface area contributed by atoms with E-state index in [-0.39, 0.29) is 18.0 Å². The number of nitrogens with zero attached hydrogens (tertiary/aromatic N) is 3. The number of likely N-dealkylation sites (N-methyl/N-ethyl adjacent to an activating group) is 1. The van der Waals surface area contributed by atoms with Crippen LogP contribution in [0.2, 0.25) is 0 Å². The van der Waals surface area contributed by atoms with Crippen LogP contribution < -0.4 is 4.90 Å². The molecule has 3 rings (SSSR count). The van der Waals surface area contributed by atoms with Gasteiger partial charge in [-0.1, -0.05) is 0 Å². The molecule has 1 saturated heterocycles. The van der Waals surface area contributed by atoms with Crippen molar-refractivity contribution in [1.29, 1.82) is 0 Å². The number of piperazine rings is 1. The van der Waals surface area contributed by atoms with E-state index in [9.17, 15) is 24.8 Å². The normalized spacial score (nSPS) is 28.2. The van der Waals surface area contributed by atoms with Gasteiger partial charge in [0.2, 0.25) is 0 Å². The minimum Gasteiger partial charge on any atom is -0.392 e. The van der Waals surface area contributed by atoms with Crippen LogP contribution in [-0.2, 0) is 16.0 Å². The van der Waals surface area contributed by atoms with Crippen LogP contribution in [-0.4, -0.2) is 62.7 Å². The number of benzene rings is 1. The molecule has 1 aromatic carbocycles. The van der Waals surface area contributed by atoms with Gasteiger partial charge in [-0.25, -0.2) is 0 Å². The molecule has 0 bridgehead atoms. The molecule has 134 valence electrons. The van der Waals surface area contributed by atoms with Crippen molar-refractivity contribution in [3.63, 3.8) is 0 Å². The van der Waals surface area contributed by atoms with Crippen LogP contribution in [0, 0.1) is 10.1 Å². The maximum Gasteiger partial charge on any atom is 0.271 e. The summed E-state index contributed by atoms with van der Waals surface area (Å²) in [5, 5.41) is 21.0. The molecule has 2 heterocycles.